The number of amides is 1. The van der Waals surface area contributed by atoms with E-state index in [1.165, 1.54) is 42.5 Å². The third-order valence-electron chi connectivity index (χ3n) is 5.38. The van der Waals surface area contributed by atoms with Gasteiger partial charge in [-0.05, 0) is 24.6 Å². The Bertz CT molecular complexity index is 1270. The van der Waals surface area contributed by atoms with Crippen LogP contribution in [0.5, 0.6) is 6.01 Å². The van der Waals surface area contributed by atoms with Crippen LogP contribution in [0.3, 0.4) is 0 Å². The van der Waals surface area contributed by atoms with Crippen molar-refractivity contribution in [1.82, 2.24) is 20.3 Å². The van der Waals surface area contributed by atoms with E-state index in [-0.39, 0.29) is 34.3 Å². The Labute approximate surface area is 207 Å². The number of hydrogen-bond acceptors (Lipinski definition) is 6. The molecule has 7 nitrogen and oxygen atoms in total. The van der Waals surface area contributed by atoms with Crippen molar-refractivity contribution in [1.29, 1.82) is 0 Å². The minimum absolute atomic E-state index is 0.0284. The summed E-state index contributed by atoms with van der Waals surface area (Å²) in [7, 11) is 0.777. The quantitative estimate of drug-likeness (QED) is 0.404. The molecule has 0 aliphatic heterocycles. The van der Waals surface area contributed by atoms with Crippen LogP contribution in [-0.4, -0.2) is 44.9 Å². The first-order valence-electron chi connectivity index (χ1n) is 10.3. The maximum Gasteiger partial charge on any atom is 0.426 e. The molecule has 0 aliphatic carbocycles. The molecule has 0 aliphatic rings. The summed E-state index contributed by atoms with van der Waals surface area (Å²) in [5.74, 6) is -4.55. The second kappa shape index (κ2) is 9.94. The summed E-state index contributed by atoms with van der Waals surface area (Å²) >= 11 is 6.25. The molecule has 0 saturated carbocycles. The van der Waals surface area contributed by atoms with Crippen LogP contribution in [0, 0.1) is 0 Å². The second-order valence-corrected chi connectivity index (χ2v) is 8.39. The Hall–Kier alpha value is -3.38. The van der Waals surface area contributed by atoms with E-state index in [2.05, 4.69) is 25.0 Å². The van der Waals surface area contributed by atoms with Gasteiger partial charge in [0.1, 0.15) is 0 Å². The van der Waals surface area contributed by atoms with Crippen molar-refractivity contribution in [2.75, 3.05) is 7.11 Å². The number of methoxy groups -OCH3 is 1. The number of aromatic nitrogens is 3. The van der Waals surface area contributed by atoms with Crippen molar-refractivity contribution in [2.45, 2.75) is 38.1 Å². The van der Waals surface area contributed by atoms with E-state index in [4.69, 9.17) is 11.6 Å². The Kier molecular flexibility index (Phi) is 7.51. The fourth-order valence-corrected chi connectivity index (χ4v) is 3.27. The lowest BCUT2D eigenvalue weighted by Gasteiger charge is -2.29. The fourth-order valence-electron chi connectivity index (χ4n) is 3.07. The molecule has 192 valence electrons. The van der Waals surface area contributed by atoms with Gasteiger partial charge in [0.15, 0.2) is 11.6 Å². The second-order valence-electron chi connectivity index (χ2n) is 7.98. The number of alkyl halides is 5. The monoisotopic (exact) mass is 530 g/mol. The first kappa shape index (κ1) is 27.2. The highest BCUT2D eigenvalue weighted by Gasteiger charge is 2.57. The zero-order chi connectivity index (χ0) is 26.9. The van der Waals surface area contributed by atoms with Gasteiger partial charge in [-0.3, -0.25) is 4.79 Å². The maximum atomic E-state index is 13.5. The summed E-state index contributed by atoms with van der Waals surface area (Å²) in [6, 6.07) is 8.72. The predicted molar refractivity (Wildman–Crippen MR) is 120 cm³/mol. The van der Waals surface area contributed by atoms with Crippen molar-refractivity contribution >= 4 is 17.5 Å². The topological polar surface area (TPSA) is 97.2 Å². The summed E-state index contributed by atoms with van der Waals surface area (Å²) in [4.78, 5) is 24.1. The lowest BCUT2D eigenvalue weighted by atomic mass is 10.0. The molecule has 0 radical (unpaired) electrons. The van der Waals surface area contributed by atoms with Gasteiger partial charge < -0.3 is 15.2 Å². The Morgan fingerprint density at radius 3 is 2.17 bits per heavy atom. The molecule has 2 N–H and O–H groups in total. The zero-order valence-corrected chi connectivity index (χ0v) is 19.9. The highest BCUT2D eigenvalue weighted by molar-refractivity contribution is 6.33. The Balaban J connectivity index is 1.90. The number of nitrogens with one attached hydrogen (secondary N) is 1. The number of ether oxygens (including phenoxy) is 1. The van der Waals surface area contributed by atoms with Gasteiger partial charge in [0.25, 0.3) is 11.8 Å². The van der Waals surface area contributed by atoms with Crippen LogP contribution < -0.4 is 5.32 Å². The predicted octanol–water partition coefficient (Wildman–Crippen LogP) is 5.26. The zero-order valence-electron chi connectivity index (χ0n) is 19.1. The van der Waals surface area contributed by atoms with E-state index in [9.17, 15) is 31.9 Å². The molecule has 36 heavy (non-hydrogen) atoms. The lowest BCUT2D eigenvalue weighted by molar-refractivity contribution is -0.253. The standard InChI is InChI=1S/C23H20ClF5N4O3/c1-21(36-3,23(27,28)29)19(34)30-11-12-4-9-16(24)15(10-12)18-31-17(32-20(35)33-18)13-5-7-14(8-6-13)22(2,25)26/h4-10H,11H2,1-3H3,(H,30,34)(H,31,32,33,35)/t21-/m1/s1. The van der Waals surface area contributed by atoms with Crippen molar-refractivity contribution in [3.8, 4) is 28.8 Å². The van der Waals surface area contributed by atoms with Crippen LogP contribution in [0.1, 0.15) is 25.0 Å². The third kappa shape index (κ3) is 5.71. The number of carbonyl (C=O) groups is 1. The average Bonchev–Trinajstić information content (AvgIpc) is 2.81. The number of aromatic hydroxyl groups is 1. The van der Waals surface area contributed by atoms with Crippen LogP contribution >= 0.6 is 11.6 Å². The van der Waals surface area contributed by atoms with Crippen molar-refractivity contribution in [2.24, 2.45) is 0 Å². The van der Waals surface area contributed by atoms with Crippen LogP contribution in [0.4, 0.5) is 22.0 Å². The molecule has 0 unspecified atom stereocenters. The van der Waals surface area contributed by atoms with Gasteiger partial charge in [-0.15, -0.1) is 0 Å². The van der Waals surface area contributed by atoms with Gasteiger partial charge in [0.2, 0.25) is 5.60 Å². The fraction of sp³-hybridized carbons (Fsp3) is 0.304. The van der Waals surface area contributed by atoms with E-state index in [0.29, 0.717) is 18.1 Å². The SMILES string of the molecule is CO[C@](C)(C(=O)NCc1ccc(Cl)c(-c2nc(O)nc(-c3ccc(C(C)(F)F)cc3)n2)c1)C(F)(F)F. The van der Waals surface area contributed by atoms with E-state index in [0.717, 1.165) is 14.0 Å². The molecule has 1 amide bonds. The molecule has 3 aromatic rings. The first-order chi connectivity index (χ1) is 16.7. The van der Waals surface area contributed by atoms with Gasteiger partial charge in [-0.1, -0.05) is 41.9 Å². The molecule has 0 fully saturated rings. The molecule has 13 heteroatoms. The van der Waals surface area contributed by atoms with Crippen LogP contribution in [0.25, 0.3) is 22.8 Å². The molecule has 0 spiro atoms. The average molecular weight is 531 g/mol. The maximum absolute atomic E-state index is 13.5. The number of rotatable bonds is 7. The molecular formula is C23H20ClF5N4O3. The summed E-state index contributed by atoms with van der Waals surface area (Å²) < 4.78 is 71.1. The van der Waals surface area contributed by atoms with Crippen LogP contribution in [-0.2, 0) is 22.0 Å². The minimum Gasteiger partial charge on any atom is -0.479 e. The number of halogens is 6. The van der Waals surface area contributed by atoms with Gasteiger partial charge in [-0.25, -0.2) is 13.8 Å². The van der Waals surface area contributed by atoms with Crippen molar-refractivity contribution in [3.05, 3.63) is 58.6 Å². The molecular weight excluding hydrogens is 511 g/mol. The first-order valence-corrected chi connectivity index (χ1v) is 10.7. The van der Waals surface area contributed by atoms with Crippen molar-refractivity contribution in [3.63, 3.8) is 0 Å². The van der Waals surface area contributed by atoms with Crippen LogP contribution in [0.15, 0.2) is 42.5 Å². The summed E-state index contributed by atoms with van der Waals surface area (Å²) in [5, 5.41) is 12.3. The smallest absolute Gasteiger partial charge is 0.426 e. The number of nitrogens with zero attached hydrogens (tertiary/aromatic N) is 3. The molecule has 1 heterocycles. The molecule has 1 atom stereocenters. The Morgan fingerprint density at radius 1 is 1.00 bits per heavy atom. The summed E-state index contributed by atoms with van der Waals surface area (Å²) in [5.41, 5.74) is -2.43. The van der Waals surface area contributed by atoms with E-state index >= 15 is 0 Å². The van der Waals surface area contributed by atoms with E-state index in [1.54, 1.807) is 0 Å². The summed E-state index contributed by atoms with van der Waals surface area (Å²) in [6.07, 6.45) is -4.94. The normalized spacial score (nSPS) is 13.8. The largest absolute Gasteiger partial charge is 0.479 e. The molecule has 0 saturated heterocycles. The van der Waals surface area contributed by atoms with Gasteiger partial charge in [-0.2, -0.15) is 23.1 Å². The number of carbonyl (C=O) groups excluding carboxylic acids is 1. The van der Waals surface area contributed by atoms with Gasteiger partial charge in [0.05, 0.1) is 5.02 Å². The molecule has 1 aromatic heterocycles. The Morgan fingerprint density at radius 2 is 1.61 bits per heavy atom. The highest BCUT2D eigenvalue weighted by Crippen LogP contribution is 2.34. The number of hydrogen-bond donors (Lipinski definition) is 2. The number of benzene rings is 2. The highest BCUT2D eigenvalue weighted by atomic mass is 35.5. The molecule has 2 aromatic carbocycles. The molecule has 0 bridgehead atoms. The van der Waals surface area contributed by atoms with Gasteiger partial charge in [0, 0.05) is 37.3 Å². The molecule has 3 rings (SSSR count). The van der Waals surface area contributed by atoms with Crippen LogP contribution in [0.2, 0.25) is 5.02 Å². The van der Waals surface area contributed by atoms with Crippen molar-refractivity contribution < 1.29 is 36.6 Å². The minimum atomic E-state index is -4.94. The van der Waals surface area contributed by atoms with E-state index in [1.807, 2.05) is 0 Å². The summed E-state index contributed by atoms with van der Waals surface area (Å²) in [6.45, 7) is 1.05. The lowest BCUT2D eigenvalue weighted by Crippen LogP contribution is -2.55. The van der Waals surface area contributed by atoms with Gasteiger partial charge >= 0.3 is 12.2 Å². The third-order valence-corrected chi connectivity index (χ3v) is 5.71. The van der Waals surface area contributed by atoms with E-state index < -0.39 is 29.6 Å².